The van der Waals surface area contributed by atoms with Crippen LogP contribution in [0.3, 0.4) is 0 Å². The highest BCUT2D eigenvalue weighted by Gasteiger charge is 2.23. The quantitative estimate of drug-likeness (QED) is 0.410. The highest BCUT2D eigenvalue weighted by molar-refractivity contribution is 5.81. The van der Waals surface area contributed by atoms with E-state index in [-0.39, 0.29) is 23.8 Å². The van der Waals surface area contributed by atoms with Crippen LogP contribution in [0.25, 0.3) is 0 Å². The minimum Gasteiger partial charge on any atom is -0.356 e. The lowest BCUT2D eigenvalue weighted by molar-refractivity contribution is -0.128. The molecular weight excluding hydrogens is 370 g/mol. The standard InChI is InChI=1S/C21H35N5O3/c1-16(2)26-14-18(24-25-26)11-12-20(28)22-13-7-6-10-19(15-27)23-21(29)17-8-4-3-5-9-17/h14-17,19H,3-13H2,1-2H3,(H,22,28)(H,23,29)/t19-/m0/s1. The number of unbranched alkanes of at least 4 members (excludes halogenated alkanes) is 1. The zero-order chi connectivity index (χ0) is 21.1. The SMILES string of the molecule is CC(C)n1cc(CCC(=O)NCCCC[C@@H](C=O)NC(=O)C2CCCCC2)nn1. The van der Waals surface area contributed by atoms with Crippen LogP contribution in [-0.2, 0) is 20.8 Å². The Kier molecular flexibility index (Phi) is 9.80. The molecule has 2 rings (SSSR count). The van der Waals surface area contributed by atoms with Crippen LogP contribution in [0.15, 0.2) is 6.20 Å². The van der Waals surface area contributed by atoms with Crippen molar-refractivity contribution < 1.29 is 14.4 Å². The summed E-state index contributed by atoms with van der Waals surface area (Å²) < 4.78 is 1.78. The number of nitrogens with zero attached hydrogens (tertiary/aromatic N) is 3. The second kappa shape index (κ2) is 12.3. The maximum atomic E-state index is 12.2. The number of nitrogens with one attached hydrogen (secondary N) is 2. The summed E-state index contributed by atoms with van der Waals surface area (Å²) in [5.41, 5.74) is 0.816. The molecule has 0 bridgehead atoms. The number of hydrogen-bond acceptors (Lipinski definition) is 5. The molecule has 8 nitrogen and oxygen atoms in total. The third-order valence-corrected chi connectivity index (χ3v) is 5.43. The summed E-state index contributed by atoms with van der Waals surface area (Å²) in [6, 6.07) is -0.170. The molecule has 8 heteroatoms. The van der Waals surface area contributed by atoms with Gasteiger partial charge in [0.25, 0.3) is 0 Å². The third-order valence-electron chi connectivity index (χ3n) is 5.43. The Balaban J connectivity index is 1.55. The van der Waals surface area contributed by atoms with Gasteiger partial charge in [0.1, 0.15) is 6.29 Å². The average Bonchev–Trinajstić information content (AvgIpc) is 3.21. The van der Waals surface area contributed by atoms with E-state index in [4.69, 9.17) is 0 Å². The fourth-order valence-electron chi connectivity index (χ4n) is 3.57. The molecule has 2 N–H and O–H groups in total. The van der Waals surface area contributed by atoms with Gasteiger partial charge in [-0.15, -0.1) is 5.10 Å². The van der Waals surface area contributed by atoms with Gasteiger partial charge in [-0.1, -0.05) is 24.5 Å². The fraction of sp³-hybridized carbons (Fsp3) is 0.762. The van der Waals surface area contributed by atoms with Crippen molar-refractivity contribution in [1.82, 2.24) is 25.6 Å². The van der Waals surface area contributed by atoms with Gasteiger partial charge in [-0.25, -0.2) is 4.68 Å². The Labute approximate surface area is 173 Å². The van der Waals surface area contributed by atoms with Crippen molar-refractivity contribution in [3.63, 3.8) is 0 Å². The molecular formula is C21H35N5O3. The van der Waals surface area contributed by atoms with Crippen LogP contribution in [0.4, 0.5) is 0 Å². The van der Waals surface area contributed by atoms with Crippen molar-refractivity contribution >= 4 is 18.1 Å². The average molecular weight is 406 g/mol. The molecule has 2 amide bonds. The lowest BCUT2D eigenvalue weighted by Crippen LogP contribution is -2.40. The van der Waals surface area contributed by atoms with Gasteiger partial charge in [0.15, 0.2) is 0 Å². The van der Waals surface area contributed by atoms with E-state index in [0.717, 1.165) is 50.5 Å². The summed E-state index contributed by atoms with van der Waals surface area (Å²) in [6.45, 7) is 4.63. The van der Waals surface area contributed by atoms with Crippen molar-refractivity contribution in [1.29, 1.82) is 0 Å². The zero-order valence-corrected chi connectivity index (χ0v) is 17.7. The van der Waals surface area contributed by atoms with E-state index in [2.05, 4.69) is 20.9 Å². The summed E-state index contributed by atoms with van der Waals surface area (Å²) in [7, 11) is 0. The lowest BCUT2D eigenvalue weighted by atomic mass is 9.88. The Bertz CT molecular complexity index is 652. The number of rotatable bonds is 12. The molecule has 1 aromatic heterocycles. The first-order valence-electron chi connectivity index (χ1n) is 10.9. The van der Waals surface area contributed by atoms with E-state index in [1.54, 1.807) is 4.68 Å². The molecule has 162 valence electrons. The number of aldehydes is 1. The maximum Gasteiger partial charge on any atom is 0.223 e. The van der Waals surface area contributed by atoms with Crippen LogP contribution in [0, 0.1) is 5.92 Å². The Hall–Kier alpha value is -2.25. The summed E-state index contributed by atoms with van der Waals surface area (Å²) in [6.07, 6.45) is 11.1. The van der Waals surface area contributed by atoms with Gasteiger partial charge >= 0.3 is 0 Å². The van der Waals surface area contributed by atoms with E-state index in [0.29, 0.717) is 25.8 Å². The van der Waals surface area contributed by atoms with E-state index in [1.165, 1.54) is 6.42 Å². The molecule has 0 radical (unpaired) electrons. The van der Waals surface area contributed by atoms with E-state index < -0.39 is 6.04 Å². The van der Waals surface area contributed by atoms with Crippen molar-refractivity contribution in [2.24, 2.45) is 5.92 Å². The monoisotopic (exact) mass is 405 g/mol. The number of aromatic nitrogens is 3. The molecule has 29 heavy (non-hydrogen) atoms. The molecule has 0 aliphatic heterocycles. The van der Waals surface area contributed by atoms with Crippen molar-refractivity contribution in [2.75, 3.05) is 6.54 Å². The first-order chi connectivity index (χ1) is 14.0. The van der Waals surface area contributed by atoms with Crippen molar-refractivity contribution in [3.8, 4) is 0 Å². The molecule has 0 spiro atoms. The van der Waals surface area contributed by atoms with E-state index in [1.807, 2.05) is 20.0 Å². The number of amides is 2. The topological polar surface area (TPSA) is 106 Å². The van der Waals surface area contributed by atoms with E-state index in [9.17, 15) is 14.4 Å². The maximum absolute atomic E-state index is 12.2. The molecule has 0 aromatic carbocycles. The van der Waals surface area contributed by atoms with Gasteiger partial charge in [0.2, 0.25) is 11.8 Å². The van der Waals surface area contributed by atoms with Gasteiger partial charge in [-0.05, 0) is 46.0 Å². The van der Waals surface area contributed by atoms with Gasteiger partial charge < -0.3 is 15.4 Å². The van der Waals surface area contributed by atoms with Gasteiger partial charge in [-0.3, -0.25) is 9.59 Å². The summed E-state index contributed by atoms with van der Waals surface area (Å²) >= 11 is 0. The molecule has 1 heterocycles. The molecule has 1 aliphatic rings. The van der Waals surface area contributed by atoms with Crippen molar-refractivity contribution in [2.45, 2.75) is 90.1 Å². The molecule has 1 fully saturated rings. The first-order valence-corrected chi connectivity index (χ1v) is 10.9. The van der Waals surface area contributed by atoms with Crippen LogP contribution >= 0.6 is 0 Å². The predicted molar refractivity (Wildman–Crippen MR) is 110 cm³/mol. The second-order valence-electron chi connectivity index (χ2n) is 8.22. The Morgan fingerprint density at radius 1 is 1.24 bits per heavy atom. The third kappa shape index (κ3) is 8.33. The summed E-state index contributed by atoms with van der Waals surface area (Å²) in [5, 5.41) is 13.9. The predicted octanol–water partition coefficient (Wildman–Crippen LogP) is 2.34. The highest BCUT2D eigenvalue weighted by atomic mass is 16.2. The smallest absolute Gasteiger partial charge is 0.223 e. The van der Waals surface area contributed by atoms with Crippen LogP contribution in [-0.4, -0.2) is 45.7 Å². The normalized spacial score (nSPS) is 15.8. The van der Waals surface area contributed by atoms with Gasteiger partial charge in [0.05, 0.1) is 11.7 Å². The first kappa shape index (κ1) is 23.0. The summed E-state index contributed by atoms with van der Waals surface area (Å²) in [4.78, 5) is 35.4. The molecule has 0 unspecified atom stereocenters. The molecule has 1 aliphatic carbocycles. The highest BCUT2D eigenvalue weighted by Crippen LogP contribution is 2.23. The molecule has 1 aromatic rings. The Morgan fingerprint density at radius 3 is 2.66 bits per heavy atom. The van der Waals surface area contributed by atoms with Gasteiger partial charge in [0, 0.05) is 37.5 Å². The van der Waals surface area contributed by atoms with Crippen LogP contribution in [0.2, 0.25) is 0 Å². The number of hydrogen-bond donors (Lipinski definition) is 2. The number of carbonyl (C=O) groups excluding carboxylic acids is 3. The molecule has 1 atom stereocenters. The van der Waals surface area contributed by atoms with Crippen LogP contribution in [0.5, 0.6) is 0 Å². The lowest BCUT2D eigenvalue weighted by Gasteiger charge is -2.22. The number of aryl methyl sites for hydroxylation is 1. The minimum atomic E-state index is -0.427. The largest absolute Gasteiger partial charge is 0.356 e. The molecule has 1 saturated carbocycles. The van der Waals surface area contributed by atoms with E-state index >= 15 is 0 Å². The zero-order valence-electron chi connectivity index (χ0n) is 17.7. The number of carbonyl (C=O) groups is 3. The minimum absolute atomic E-state index is 0.0124. The second-order valence-corrected chi connectivity index (χ2v) is 8.22. The molecule has 0 saturated heterocycles. The Morgan fingerprint density at radius 2 is 2.00 bits per heavy atom. The van der Waals surface area contributed by atoms with Gasteiger partial charge in [-0.2, -0.15) is 0 Å². The van der Waals surface area contributed by atoms with Crippen molar-refractivity contribution in [3.05, 3.63) is 11.9 Å². The fourth-order valence-corrected chi connectivity index (χ4v) is 3.57. The van der Waals surface area contributed by atoms with Crippen LogP contribution in [0.1, 0.15) is 83.4 Å². The van der Waals surface area contributed by atoms with Crippen LogP contribution < -0.4 is 10.6 Å². The summed E-state index contributed by atoms with van der Waals surface area (Å²) in [5.74, 6) is 0.0683.